The zero-order chi connectivity index (χ0) is 17.1. The van der Waals surface area contributed by atoms with Crippen LogP contribution in [-0.2, 0) is 4.79 Å². The van der Waals surface area contributed by atoms with Crippen LogP contribution >= 0.6 is 0 Å². The largest absolute Gasteiger partial charge is 0.481 e. The fraction of sp³-hybridized carbons (Fsp3) is 0.133. The van der Waals surface area contributed by atoms with Crippen LogP contribution in [0.1, 0.15) is 16.8 Å². The molecule has 0 aliphatic carbocycles. The first-order valence-electron chi connectivity index (χ1n) is 7.05. The summed E-state index contributed by atoms with van der Waals surface area (Å²) in [7, 11) is 0. The molecule has 0 spiro atoms. The summed E-state index contributed by atoms with van der Waals surface area (Å²) in [6, 6.07) is 6.46. The van der Waals surface area contributed by atoms with Crippen molar-refractivity contribution in [1.82, 2.24) is 19.7 Å². The third-order valence-corrected chi connectivity index (χ3v) is 3.36. The van der Waals surface area contributed by atoms with E-state index in [0.717, 1.165) is 0 Å². The number of rotatable bonds is 6. The Balaban J connectivity index is 2.03. The molecule has 122 valence electrons. The molecule has 3 aromatic rings. The van der Waals surface area contributed by atoms with Crippen molar-refractivity contribution in [2.75, 3.05) is 11.9 Å². The summed E-state index contributed by atoms with van der Waals surface area (Å²) in [5, 5.41) is 25.7. The summed E-state index contributed by atoms with van der Waals surface area (Å²) >= 11 is 0. The van der Waals surface area contributed by atoms with Gasteiger partial charge in [-0.15, -0.1) is 0 Å². The normalized spacial score (nSPS) is 10.7. The predicted molar refractivity (Wildman–Crippen MR) is 84.4 cm³/mol. The Labute approximate surface area is 135 Å². The molecule has 2 aromatic heterocycles. The number of carbonyl (C=O) groups is 2. The Morgan fingerprint density at radius 1 is 1.17 bits per heavy atom. The number of hydrogen-bond donors (Lipinski definition) is 3. The predicted octanol–water partition coefficient (Wildman–Crippen LogP) is 1.40. The summed E-state index contributed by atoms with van der Waals surface area (Å²) in [5.74, 6) is -1.54. The van der Waals surface area contributed by atoms with E-state index in [1.807, 2.05) is 0 Å². The fourth-order valence-electron chi connectivity index (χ4n) is 2.29. The number of hydrogen-bond acceptors (Lipinski definition) is 6. The minimum absolute atomic E-state index is 0.0541. The van der Waals surface area contributed by atoms with E-state index in [4.69, 9.17) is 5.11 Å². The van der Waals surface area contributed by atoms with Gasteiger partial charge in [0.05, 0.1) is 29.3 Å². The van der Waals surface area contributed by atoms with Gasteiger partial charge in [0.15, 0.2) is 5.65 Å². The minimum atomic E-state index is -1.07. The van der Waals surface area contributed by atoms with Crippen LogP contribution < -0.4 is 5.32 Å². The quantitative estimate of drug-likeness (QED) is 0.619. The Hall–Kier alpha value is -3.49. The van der Waals surface area contributed by atoms with Gasteiger partial charge >= 0.3 is 11.9 Å². The maximum absolute atomic E-state index is 11.4. The first-order valence-corrected chi connectivity index (χ1v) is 7.05. The second-order valence-electron chi connectivity index (χ2n) is 4.91. The molecule has 0 unspecified atom stereocenters. The number of aliphatic carboxylic acids is 1. The lowest BCUT2D eigenvalue weighted by Crippen LogP contribution is -2.09. The molecule has 0 bridgehead atoms. The van der Waals surface area contributed by atoms with E-state index in [9.17, 15) is 14.7 Å². The molecule has 0 saturated carbocycles. The zero-order valence-corrected chi connectivity index (χ0v) is 12.4. The number of nitrogens with zero attached hydrogens (tertiary/aromatic N) is 4. The summed E-state index contributed by atoms with van der Waals surface area (Å²) in [5.41, 5.74) is 0.910. The Bertz CT molecular complexity index is 921. The molecule has 2 heterocycles. The number of para-hydroxylation sites is 1. The van der Waals surface area contributed by atoms with Crippen LogP contribution in [-0.4, -0.2) is 48.4 Å². The Morgan fingerprint density at radius 3 is 2.71 bits per heavy atom. The van der Waals surface area contributed by atoms with Crippen LogP contribution in [0.4, 0.5) is 5.82 Å². The van der Waals surface area contributed by atoms with E-state index in [0.29, 0.717) is 22.5 Å². The van der Waals surface area contributed by atoms with Crippen molar-refractivity contribution < 1.29 is 19.8 Å². The molecule has 0 aliphatic rings. The molecule has 3 N–H and O–H groups in total. The highest BCUT2D eigenvalue weighted by Crippen LogP contribution is 2.23. The number of aromatic carboxylic acids is 1. The van der Waals surface area contributed by atoms with Gasteiger partial charge < -0.3 is 15.5 Å². The number of nitrogens with one attached hydrogen (secondary N) is 1. The molecule has 0 radical (unpaired) electrons. The molecule has 0 saturated heterocycles. The van der Waals surface area contributed by atoms with Gasteiger partial charge in [0, 0.05) is 6.54 Å². The molecule has 1 aromatic carbocycles. The van der Waals surface area contributed by atoms with Crippen LogP contribution in [0, 0.1) is 0 Å². The van der Waals surface area contributed by atoms with E-state index in [1.54, 1.807) is 18.2 Å². The standard InChI is InChI=1S/C15H13N5O4/c21-12(22)5-6-16-13-10-7-19-20(14(10)18-8-17-13)11-4-2-1-3-9(11)15(23)24/h1-4,7-8H,5-6H2,(H,21,22)(H,23,24)(H,16,17,18). The average Bonchev–Trinajstić information content (AvgIpc) is 2.99. The molecule has 0 aliphatic heterocycles. The first-order chi connectivity index (χ1) is 11.6. The average molecular weight is 327 g/mol. The van der Waals surface area contributed by atoms with E-state index in [2.05, 4.69) is 20.4 Å². The maximum atomic E-state index is 11.4. The molecule has 0 fully saturated rings. The molecule has 24 heavy (non-hydrogen) atoms. The molecule has 9 nitrogen and oxygen atoms in total. The van der Waals surface area contributed by atoms with Crippen molar-refractivity contribution >= 4 is 28.8 Å². The monoisotopic (exact) mass is 327 g/mol. The van der Waals surface area contributed by atoms with Crippen LogP contribution in [0.25, 0.3) is 16.7 Å². The van der Waals surface area contributed by atoms with Gasteiger partial charge in [-0.3, -0.25) is 4.79 Å². The van der Waals surface area contributed by atoms with Crippen molar-refractivity contribution in [1.29, 1.82) is 0 Å². The van der Waals surface area contributed by atoms with Crippen LogP contribution in [0.15, 0.2) is 36.8 Å². The van der Waals surface area contributed by atoms with E-state index >= 15 is 0 Å². The number of fused-ring (bicyclic) bond motifs is 1. The first kappa shape index (κ1) is 15.4. The van der Waals surface area contributed by atoms with Crippen molar-refractivity contribution in [3.8, 4) is 5.69 Å². The second-order valence-corrected chi connectivity index (χ2v) is 4.91. The summed E-state index contributed by atoms with van der Waals surface area (Å²) in [6.45, 7) is 0.207. The van der Waals surface area contributed by atoms with Gasteiger partial charge in [0.2, 0.25) is 0 Å². The fourth-order valence-corrected chi connectivity index (χ4v) is 2.29. The van der Waals surface area contributed by atoms with Crippen molar-refractivity contribution in [2.24, 2.45) is 0 Å². The number of aromatic nitrogens is 4. The van der Waals surface area contributed by atoms with Gasteiger partial charge in [0.1, 0.15) is 12.1 Å². The SMILES string of the molecule is O=C(O)CCNc1ncnc2c1cnn2-c1ccccc1C(=O)O. The van der Waals surface area contributed by atoms with Crippen molar-refractivity contribution in [3.05, 3.63) is 42.4 Å². The molecule has 9 heteroatoms. The molecule has 0 atom stereocenters. The van der Waals surface area contributed by atoms with Crippen LogP contribution in [0.2, 0.25) is 0 Å². The summed E-state index contributed by atoms with van der Waals surface area (Å²) in [6.07, 6.45) is 2.77. The van der Waals surface area contributed by atoms with E-state index < -0.39 is 11.9 Å². The molecule has 3 rings (SSSR count). The maximum Gasteiger partial charge on any atom is 0.337 e. The van der Waals surface area contributed by atoms with Crippen LogP contribution in [0.5, 0.6) is 0 Å². The lowest BCUT2D eigenvalue weighted by Gasteiger charge is -2.07. The van der Waals surface area contributed by atoms with Crippen molar-refractivity contribution in [3.63, 3.8) is 0 Å². The molecular formula is C15H13N5O4. The van der Waals surface area contributed by atoms with Gasteiger partial charge in [-0.05, 0) is 12.1 Å². The summed E-state index contributed by atoms with van der Waals surface area (Å²) in [4.78, 5) is 30.2. The molecule has 0 amide bonds. The highest BCUT2D eigenvalue weighted by atomic mass is 16.4. The van der Waals surface area contributed by atoms with Crippen LogP contribution in [0.3, 0.4) is 0 Å². The third-order valence-electron chi connectivity index (χ3n) is 3.36. The van der Waals surface area contributed by atoms with Gasteiger partial charge in [-0.25, -0.2) is 19.4 Å². The van der Waals surface area contributed by atoms with E-state index in [1.165, 1.54) is 23.3 Å². The minimum Gasteiger partial charge on any atom is -0.481 e. The number of anilines is 1. The van der Waals surface area contributed by atoms with Gasteiger partial charge in [-0.2, -0.15) is 5.10 Å². The highest BCUT2D eigenvalue weighted by Gasteiger charge is 2.16. The van der Waals surface area contributed by atoms with E-state index in [-0.39, 0.29) is 18.5 Å². The lowest BCUT2D eigenvalue weighted by molar-refractivity contribution is -0.136. The number of benzene rings is 1. The lowest BCUT2D eigenvalue weighted by atomic mass is 10.2. The third kappa shape index (κ3) is 2.86. The Morgan fingerprint density at radius 2 is 1.96 bits per heavy atom. The second kappa shape index (κ2) is 6.32. The number of carboxylic acid groups (broad SMARTS) is 2. The molecular weight excluding hydrogens is 314 g/mol. The smallest absolute Gasteiger partial charge is 0.337 e. The van der Waals surface area contributed by atoms with Crippen molar-refractivity contribution in [2.45, 2.75) is 6.42 Å². The Kier molecular flexibility index (Phi) is 4.06. The topological polar surface area (TPSA) is 130 Å². The zero-order valence-electron chi connectivity index (χ0n) is 12.4. The van der Waals surface area contributed by atoms with Gasteiger partial charge in [0.25, 0.3) is 0 Å². The summed E-state index contributed by atoms with van der Waals surface area (Å²) < 4.78 is 1.42. The van der Waals surface area contributed by atoms with Gasteiger partial charge in [-0.1, -0.05) is 12.1 Å². The highest BCUT2D eigenvalue weighted by molar-refractivity contribution is 5.94. The number of carboxylic acids is 2.